The molecule has 0 unspecified atom stereocenters. The van der Waals surface area contributed by atoms with Crippen molar-refractivity contribution in [1.82, 2.24) is 5.32 Å². The molecular formula is C15H23Cl2NO. The summed E-state index contributed by atoms with van der Waals surface area (Å²) >= 11 is 12.2. The molecule has 0 aliphatic rings. The number of nitrogens with one attached hydrogen (secondary N) is 1. The van der Waals surface area contributed by atoms with Crippen molar-refractivity contribution in [1.29, 1.82) is 0 Å². The maximum atomic E-state index is 6.18. The van der Waals surface area contributed by atoms with Crippen molar-refractivity contribution in [2.45, 2.75) is 26.7 Å². The van der Waals surface area contributed by atoms with Crippen molar-refractivity contribution < 1.29 is 4.74 Å². The summed E-state index contributed by atoms with van der Waals surface area (Å²) in [6.45, 7) is 7.11. The van der Waals surface area contributed by atoms with Crippen LogP contribution in [0, 0.1) is 5.41 Å². The Hall–Kier alpha value is -0.280. The lowest BCUT2D eigenvalue weighted by Crippen LogP contribution is -2.32. The summed E-state index contributed by atoms with van der Waals surface area (Å²) in [7, 11) is 1.72. The van der Waals surface area contributed by atoms with Gasteiger partial charge >= 0.3 is 0 Å². The predicted octanol–water partition coefficient (Wildman–Crippen LogP) is 4.19. The average molecular weight is 304 g/mol. The van der Waals surface area contributed by atoms with E-state index in [0.717, 1.165) is 48.1 Å². The van der Waals surface area contributed by atoms with Crippen molar-refractivity contribution in [3.8, 4) is 0 Å². The molecule has 108 valence electrons. The van der Waals surface area contributed by atoms with E-state index < -0.39 is 0 Å². The normalized spacial score (nSPS) is 11.8. The molecule has 19 heavy (non-hydrogen) atoms. The molecule has 0 atom stereocenters. The number of halogens is 2. The molecule has 0 fully saturated rings. The van der Waals surface area contributed by atoms with Crippen LogP contribution in [-0.4, -0.2) is 26.8 Å². The second-order valence-corrected chi connectivity index (χ2v) is 6.41. The van der Waals surface area contributed by atoms with Gasteiger partial charge in [0.1, 0.15) is 0 Å². The number of ether oxygens (including phenoxy) is 1. The first kappa shape index (κ1) is 16.8. The molecule has 4 heteroatoms. The number of methoxy groups -OCH3 is 1. The maximum Gasteiger partial charge on any atom is 0.0587 e. The quantitative estimate of drug-likeness (QED) is 0.727. The van der Waals surface area contributed by atoms with Gasteiger partial charge in [0.15, 0.2) is 0 Å². The SMILES string of the molecule is COCCNCC(C)(C)CCc1cc(Cl)ccc1Cl. The highest BCUT2D eigenvalue weighted by atomic mass is 35.5. The first-order valence-electron chi connectivity index (χ1n) is 6.58. The fourth-order valence-electron chi connectivity index (χ4n) is 1.90. The zero-order valence-corrected chi connectivity index (χ0v) is 13.4. The van der Waals surface area contributed by atoms with Gasteiger partial charge in [-0.05, 0) is 42.0 Å². The van der Waals surface area contributed by atoms with Crippen LogP contribution < -0.4 is 5.32 Å². The van der Waals surface area contributed by atoms with Gasteiger partial charge in [0, 0.05) is 30.2 Å². The van der Waals surface area contributed by atoms with Gasteiger partial charge in [0.05, 0.1) is 6.61 Å². The van der Waals surface area contributed by atoms with Gasteiger partial charge in [0.25, 0.3) is 0 Å². The largest absolute Gasteiger partial charge is 0.383 e. The lowest BCUT2D eigenvalue weighted by atomic mass is 9.86. The van der Waals surface area contributed by atoms with E-state index >= 15 is 0 Å². The van der Waals surface area contributed by atoms with E-state index in [2.05, 4.69) is 19.2 Å². The number of hydrogen-bond acceptors (Lipinski definition) is 2. The van der Waals surface area contributed by atoms with Crippen LogP contribution in [0.3, 0.4) is 0 Å². The van der Waals surface area contributed by atoms with Crippen LogP contribution in [0.5, 0.6) is 0 Å². The Morgan fingerprint density at radius 2 is 2.00 bits per heavy atom. The topological polar surface area (TPSA) is 21.3 Å². The minimum absolute atomic E-state index is 0.222. The Labute approximate surface area is 126 Å². The van der Waals surface area contributed by atoms with Crippen LogP contribution in [-0.2, 0) is 11.2 Å². The second-order valence-electron chi connectivity index (χ2n) is 5.57. The van der Waals surface area contributed by atoms with Gasteiger partial charge in [-0.25, -0.2) is 0 Å². The highest BCUT2D eigenvalue weighted by Crippen LogP contribution is 2.27. The molecule has 1 aromatic rings. The third-order valence-corrected chi connectivity index (χ3v) is 3.77. The molecule has 0 heterocycles. The molecule has 1 N–H and O–H groups in total. The van der Waals surface area contributed by atoms with Crippen molar-refractivity contribution in [2.24, 2.45) is 5.41 Å². The van der Waals surface area contributed by atoms with Gasteiger partial charge < -0.3 is 10.1 Å². The van der Waals surface area contributed by atoms with E-state index in [9.17, 15) is 0 Å². The van der Waals surface area contributed by atoms with E-state index in [4.69, 9.17) is 27.9 Å². The van der Waals surface area contributed by atoms with Crippen LogP contribution in [0.4, 0.5) is 0 Å². The summed E-state index contributed by atoms with van der Waals surface area (Å²) < 4.78 is 5.02. The average Bonchev–Trinajstić information content (AvgIpc) is 2.36. The van der Waals surface area contributed by atoms with Gasteiger partial charge in [-0.2, -0.15) is 0 Å². The van der Waals surface area contributed by atoms with Crippen molar-refractivity contribution >= 4 is 23.2 Å². The first-order chi connectivity index (χ1) is 8.94. The highest BCUT2D eigenvalue weighted by molar-refractivity contribution is 6.33. The Kier molecular flexibility index (Phi) is 7.16. The van der Waals surface area contributed by atoms with Crippen molar-refractivity contribution in [3.05, 3.63) is 33.8 Å². The molecule has 0 aromatic heterocycles. The number of hydrogen-bond donors (Lipinski definition) is 1. The number of rotatable bonds is 8. The molecular weight excluding hydrogens is 281 g/mol. The van der Waals surface area contributed by atoms with E-state index in [-0.39, 0.29) is 5.41 Å². The third kappa shape index (κ3) is 6.62. The van der Waals surface area contributed by atoms with Gasteiger partial charge in [0.2, 0.25) is 0 Å². The minimum atomic E-state index is 0.222. The standard InChI is InChI=1S/C15H23Cl2NO/c1-15(2,11-18-8-9-19-3)7-6-12-10-13(16)4-5-14(12)17/h4-5,10,18H,6-9,11H2,1-3H3. The molecule has 0 aliphatic heterocycles. The van der Waals surface area contributed by atoms with Crippen LogP contribution >= 0.6 is 23.2 Å². The van der Waals surface area contributed by atoms with Crippen LogP contribution in [0.25, 0.3) is 0 Å². The zero-order chi connectivity index (χ0) is 14.3. The van der Waals surface area contributed by atoms with Gasteiger partial charge in [-0.1, -0.05) is 37.0 Å². The summed E-state index contributed by atoms with van der Waals surface area (Å²) in [5.74, 6) is 0. The Balaban J connectivity index is 2.43. The van der Waals surface area contributed by atoms with Crippen molar-refractivity contribution in [3.63, 3.8) is 0 Å². The van der Waals surface area contributed by atoms with E-state index in [1.165, 1.54) is 0 Å². The molecule has 2 nitrogen and oxygen atoms in total. The van der Waals surface area contributed by atoms with Crippen LogP contribution in [0.1, 0.15) is 25.8 Å². The van der Waals surface area contributed by atoms with Crippen LogP contribution in [0.2, 0.25) is 10.0 Å². The third-order valence-electron chi connectivity index (χ3n) is 3.17. The number of benzene rings is 1. The fraction of sp³-hybridized carbons (Fsp3) is 0.600. The Bertz CT molecular complexity index is 394. The lowest BCUT2D eigenvalue weighted by molar-refractivity contribution is 0.193. The zero-order valence-electron chi connectivity index (χ0n) is 11.9. The van der Waals surface area contributed by atoms with Crippen LogP contribution in [0.15, 0.2) is 18.2 Å². The molecule has 0 amide bonds. The minimum Gasteiger partial charge on any atom is -0.383 e. The molecule has 0 bridgehead atoms. The Morgan fingerprint density at radius 3 is 2.68 bits per heavy atom. The molecule has 0 aliphatic carbocycles. The lowest BCUT2D eigenvalue weighted by Gasteiger charge is -2.25. The summed E-state index contributed by atoms with van der Waals surface area (Å²) in [6.07, 6.45) is 2.01. The predicted molar refractivity (Wildman–Crippen MR) is 83.3 cm³/mol. The molecule has 1 aromatic carbocycles. The monoisotopic (exact) mass is 303 g/mol. The highest BCUT2D eigenvalue weighted by Gasteiger charge is 2.17. The maximum absolute atomic E-state index is 6.18. The summed E-state index contributed by atoms with van der Waals surface area (Å²) in [6, 6.07) is 5.65. The molecule has 0 saturated carbocycles. The van der Waals surface area contributed by atoms with E-state index in [0.29, 0.717) is 0 Å². The van der Waals surface area contributed by atoms with Gasteiger partial charge in [-0.15, -0.1) is 0 Å². The van der Waals surface area contributed by atoms with E-state index in [1.54, 1.807) is 7.11 Å². The Morgan fingerprint density at radius 1 is 1.26 bits per heavy atom. The summed E-state index contributed by atoms with van der Waals surface area (Å²) in [5, 5.41) is 4.95. The first-order valence-corrected chi connectivity index (χ1v) is 7.34. The number of aryl methyl sites for hydroxylation is 1. The molecule has 0 spiro atoms. The smallest absolute Gasteiger partial charge is 0.0587 e. The van der Waals surface area contributed by atoms with Crippen molar-refractivity contribution in [2.75, 3.05) is 26.8 Å². The molecule has 0 radical (unpaired) electrons. The second kappa shape index (κ2) is 8.11. The van der Waals surface area contributed by atoms with Gasteiger partial charge in [-0.3, -0.25) is 0 Å². The molecule has 0 saturated heterocycles. The molecule has 1 rings (SSSR count). The summed E-state index contributed by atoms with van der Waals surface area (Å²) in [4.78, 5) is 0. The van der Waals surface area contributed by atoms with E-state index in [1.807, 2.05) is 18.2 Å². The summed E-state index contributed by atoms with van der Waals surface area (Å²) in [5.41, 5.74) is 1.35. The fourth-order valence-corrected chi connectivity index (χ4v) is 2.30.